The fourth-order valence-electron chi connectivity index (χ4n) is 1.45. The maximum absolute atomic E-state index is 11.2. The second-order valence-electron chi connectivity index (χ2n) is 3.76. The summed E-state index contributed by atoms with van der Waals surface area (Å²) in [5.74, 6) is 0.467. The molecule has 0 aliphatic carbocycles. The molecule has 2 rings (SSSR count). The summed E-state index contributed by atoms with van der Waals surface area (Å²) >= 11 is 0. The fourth-order valence-corrected chi connectivity index (χ4v) is 2.01. The van der Waals surface area contributed by atoms with Gasteiger partial charge < -0.3 is 5.32 Å². The van der Waals surface area contributed by atoms with Gasteiger partial charge >= 0.3 is 0 Å². The van der Waals surface area contributed by atoms with E-state index in [1.807, 2.05) is 30.3 Å². The van der Waals surface area contributed by atoms with Gasteiger partial charge in [0.2, 0.25) is 10.0 Å². The van der Waals surface area contributed by atoms with Crippen LogP contribution in [0.15, 0.2) is 48.7 Å². The van der Waals surface area contributed by atoms with Crippen molar-refractivity contribution in [2.24, 2.45) is 0 Å². The van der Waals surface area contributed by atoms with Crippen LogP contribution in [0.25, 0.3) is 0 Å². The molecule has 1 heterocycles. The number of sulfonamides is 1. The molecule has 18 heavy (non-hydrogen) atoms. The minimum Gasteiger partial charge on any atom is -0.338 e. The van der Waals surface area contributed by atoms with Crippen LogP contribution >= 0.6 is 0 Å². The Morgan fingerprint density at radius 2 is 1.78 bits per heavy atom. The van der Waals surface area contributed by atoms with Crippen molar-refractivity contribution in [2.45, 2.75) is 0 Å². The van der Waals surface area contributed by atoms with Crippen LogP contribution in [0.4, 0.5) is 17.2 Å². The van der Waals surface area contributed by atoms with E-state index in [1.54, 1.807) is 18.3 Å². The molecule has 0 fully saturated rings. The van der Waals surface area contributed by atoms with Crippen LogP contribution in [0.1, 0.15) is 0 Å². The van der Waals surface area contributed by atoms with E-state index in [0.29, 0.717) is 11.5 Å². The molecule has 0 aliphatic rings. The van der Waals surface area contributed by atoms with Crippen LogP contribution in [0.2, 0.25) is 0 Å². The van der Waals surface area contributed by atoms with Gasteiger partial charge in [0.1, 0.15) is 0 Å². The summed E-state index contributed by atoms with van der Waals surface area (Å²) in [6.45, 7) is 0. The Balaban J connectivity index is 2.28. The van der Waals surface area contributed by atoms with Crippen molar-refractivity contribution in [3.63, 3.8) is 0 Å². The zero-order chi connectivity index (χ0) is 13.0. The van der Waals surface area contributed by atoms with Crippen LogP contribution in [0.3, 0.4) is 0 Å². The summed E-state index contributed by atoms with van der Waals surface area (Å²) in [5, 5.41) is 3.06. The van der Waals surface area contributed by atoms with E-state index in [4.69, 9.17) is 0 Å². The van der Waals surface area contributed by atoms with Crippen molar-refractivity contribution in [2.75, 3.05) is 16.3 Å². The normalized spacial score (nSPS) is 10.9. The fraction of sp³-hybridized carbons (Fsp3) is 0.0833. The smallest absolute Gasteiger partial charge is 0.229 e. The lowest BCUT2D eigenvalue weighted by molar-refractivity contribution is 0.607. The molecule has 0 amide bonds. The van der Waals surface area contributed by atoms with Gasteiger partial charge in [-0.3, -0.25) is 4.72 Å². The lowest BCUT2D eigenvalue weighted by Gasteiger charge is -2.11. The van der Waals surface area contributed by atoms with E-state index in [9.17, 15) is 8.42 Å². The van der Waals surface area contributed by atoms with Gasteiger partial charge in [0, 0.05) is 11.9 Å². The highest BCUT2D eigenvalue weighted by molar-refractivity contribution is 7.92. The van der Waals surface area contributed by atoms with Gasteiger partial charge in [0.25, 0.3) is 0 Å². The first-order valence-corrected chi connectivity index (χ1v) is 7.18. The molecular formula is C12H13N3O2S. The predicted octanol–water partition coefficient (Wildman–Crippen LogP) is 2.20. The molecule has 0 spiro atoms. The molecule has 0 aliphatic heterocycles. The molecule has 0 bridgehead atoms. The third-order valence-corrected chi connectivity index (χ3v) is 2.73. The van der Waals surface area contributed by atoms with Gasteiger partial charge in [-0.25, -0.2) is 13.4 Å². The SMILES string of the molecule is CS(=O)(=O)Nc1cccnc1Nc1ccccc1. The molecule has 0 atom stereocenters. The average Bonchev–Trinajstić information content (AvgIpc) is 2.31. The van der Waals surface area contributed by atoms with Gasteiger partial charge in [-0.1, -0.05) is 18.2 Å². The number of para-hydroxylation sites is 1. The molecule has 0 saturated carbocycles. The summed E-state index contributed by atoms with van der Waals surface area (Å²) in [7, 11) is -3.32. The summed E-state index contributed by atoms with van der Waals surface area (Å²) in [6, 6.07) is 12.7. The number of anilines is 3. The molecule has 1 aromatic heterocycles. The molecule has 6 heteroatoms. The number of nitrogens with zero attached hydrogens (tertiary/aromatic N) is 1. The van der Waals surface area contributed by atoms with E-state index in [0.717, 1.165) is 11.9 Å². The Hall–Kier alpha value is -2.08. The van der Waals surface area contributed by atoms with Gasteiger partial charge in [-0.2, -0.15) is 0 Å². The minimum absolute atomic E-state index is 0.420. The van der Waals surface area contributed by atoms with Crippen molar-refractivity contribution in [1.82, 2.24) is 4.98 Å². The van der Waals surface area contributed by atoms with Crippen molar-refractivity contribution >= 4 is 27.2 Å². The quantitative estimate of drug-likeness (QED) is 0.887. The standard InChI is InChI=1S/C12H13N3O2S/c1-18(16,17)15-11-8-5-9-13-12(11)14-10-6-3-2-4-7-10/h2-9,15H,1H3,(H,13,14). The molecule has 0 unspecified atom stereocenters. The average molecular weight is 263 g/mol. The number of benzene rings is 1. The second kappa shape index (κ2) is 5.05. The molecular weight excluding hydrogens is 250 g/mol. The first-order valence-electron chi connectivity index (χ1n) is 5.29. The molecule has 1 aromatic carbocycles. The second-order valence-corrected chi connectivity index (χ2v) is 5.51. The third-order valence-electron chi connectivity index (χ3n) is 2.14. The number of hydrogen-bond acceptors (Lipinski definition) is 4. The highest BCUT2D eigenvalue weighted by Crippen LogP contribution is 2.22. The monoisotopic (exact) mass is 263 g/mol. The van der Waals surface area contributed by atoms with E-state index in [2.05, 4.69) is 15.0 Å². The first kappa shape index (κ1) is 12.4. The zero-order valence-electron chi connectivity index (χ0n) is 9.79. The van der Waals surface area contributed by atoms with Gasteiger partial charge in [0.05, 0.1) is 11.9 Å². The van der Waals surface area contributed by atoms with Gasteiger partial charge in [0.15, 0.2) is 5.82 Å². The maximum atomic E-state index is 11.2. The molecule has 5 nitrogen and oxygen atoms in total. The van der Waals surface area contributed by atoms with E-state index in [1.165, 1.54) is 0 Å². The minimum atomic E-state index is -3.32. The molecule has 0 saturated heterocycles. The number of aromatic nitrogens is 1. The summed E-state index contributed by atoms with van der Waals surface area (Å²) in [5.41, 5.74) is 1.26. The zero-order valence-corrected chi connectivity index (χ0v) is 10.6. The van der Waals surface area contributed by atoms with E-state index < -0.39 is 10.0 Å². The lowest BCUT2D eigenvalue weighted by atomic mass is 10.3. The Kier molecular flexibility index (Phi) is 3.47. The number of rotatable bonds is 4. The third kappa shape index (κ3) is 3.46. The van der Waals surface area contributed by atoms with E-state index in [-0.39, 0.29) is 0 Å². The van der Waals surface area contributed by atoms with Crippen LogP contribution in [-0.4, -0.2) is 19.7 Å². The first-order chi connectivity index (χ1) is 8.54. The number of nitrogens with one attached hydrogen (secondary N) is 2. The van der Waals surface area contributed by atoms with Crippen molar-refractivity contribution < 1.29 is 8.42 Å². The van der Waals surface area contributed by atoms with Crippen LogP contribution in [0.5, 0.6) is 0 Å². The highest BCUT2D eigenvalue weighted by Gasteiger charge is 2.07. The predicted molar refractivity (Wildman–Crippen MR) is 72.4 cm³/mol. The summed E-state index contributed by atoms with van der Waals surface area (Å²) in [6.07, 6.45) is 2.70. The largest absolute Gasteiger partial charge is 0.338 e. The summed E-state index contributed by atoms with van der Waals surface area (Å²) < 4.78 is 24.9. The molecule has 2 aromatic rings. The molecule has 94 valence electrons. The molecule has 2 N–H and O–H groups in total. The Bertz CT molecular complexity index is 627. The van der Waals surface area contributed by atoms with Crippen molar-refractivity contribution in [3.8, 4) is 0 Å². The highest BCUT2D eigenvalue weighted by atomic mass is 32.2. The number of pyridine rings is 1. The Morgan fingerprint density at radius 1 is 1.06 bits per heavy atom. The topological polar surface area (TPSA) is 71.1 Å². The summed E-state index contributed by atoms with van der Waals surface area (Å²) in [4.78, 5) is 4.12. The van der Waals surface area contributed by atoms with Crippen molar-refractivity contribution in [3.05, 3.63) is 48.7 Å². The van der Waals surface area contributed by atoms with E-state index >= 15 is 0 Å². The van der Waals surface area contributed by atoms with Crippen LogP contribution in [0, 0.1) is 0 Å². The van der Waals surface area contributed by atoms with Crippen molar-refractivity contribution in [1.29, 1.82) is 0 Å². The van der Waals surface area contributed by atoms with Crippen LogP contribution in [-0.2, 0) is 10.0 Å². The Labute approximate surface area is 106 Å². The van der Waals surface area contributed by atoms with Gasteiger partial charge in [-0.05, 0) is 24.3 Å². The lowest BCUT2D eigenvalue weighted by Crippen LogP contribution is -2.11. The molecule has 0 radical (unpaired) electrons. The number of hydrogen-bond donors (Lipinski definition) is 2. The Morgan fingerprint density at radius 3 is 2.44 bits per heavy atom. The maximum Gasteiger partial charge on any atom is 0.229 e. The van der Waals surface area contributed by atoms with Crippen LogP contribution < -0.4 is 10.0 Å². The van der Waals surface area contributed by atoms with Gasteiger partial charge in [-0.15, -0.1) is 0 Å².